The van der Waals surface area contributed by atoms with E-state index in [4.69, 9.17) is 4.74 Å². The standard InChI is InChI=1S/C21H24N4O/c1-26-18-7-8-19-20(13-18)22-15-23-21(19)24-17-9-11-25(12-10-17)14-16-5-3-2-4-6-16/h2-8,13,15,17H,9-12,14H2,1H3,(H,22,23,24). The number of hydrogen-bond donors (Lipinski definition) is 1. The number of hydrogen-bond acceptors (Lipinski definition) is 5. The maximum atomic E-state index is 5.29. The van der Waals surface area contributed by atoms with E-state index in [1.807, 2.05) is 18.2 Å². The highest BCUT2D eigenvalue weighted by Crippen LogP contribution is 2.25. The molecule has 1 aliphatic heterocycles. The van der Waals surface area contributed by atoms with Gasteiger partial charge in [0.2, 0.25) is 0 Å². The van der Waals surface area contributed by atoms with Gasteiger partial charge in [-0.1, -0.05) is 30.3 Å². The summed E-state index contributed by atoms with van der Waals surface area (Å²) in [6.45, 7) is 3.23. The first-order valence-electron chi connectivity index (χ1n) is 9.13. The van der Waals surface area contributed by atoms with E-state index in [9.17, 15) is 0 Å². The SMILES string of the molecule is COc1ccc2c(NC3CCN(Cc4ccccc4)CC3)ncnc2c1. The van der Waals surface area contributed by atoms with Crippen molar-refractivity contribution < 1.29 is 4.74 Å². The minimum absolute atomic E-state index is 0.447. The molecule has 0 radical (unpaired) electrons. The van der Waals surface area contributed by atoms with Crippen molar-refractivity contribution in [3.63, 3.8) is 0 Å². The molecule has 4 rings (SSSR count). The van der Waals surface area contributed by atoms with Crippen LogP contribution in [-0.2, 0) is 6.54 Å². The summed E-state index contributed by atoms with van der Waals surface area (Å²) >= 11 is 0. The molecule has 26 heavy (non-hydrogen) atoms. The van der Waals surface area contributed by atoms with Gasteiger partial charge >= 0.3 is 0 Å². The third-order valence-electron chi connectivity index (χ3n) is 5.02. The van der Waals surface area contributed by atoms with Gasteiger partial charge in [-0.15, -0.1) is 0 Å². The Morgan fingerprint density at radius 3 is 2.65 bits per heavy atom. The van der Waals surface area contributed by atoms with Crippen LogP contribution in [-0.4, -0.2) is 41.1 Å². The van der Waals surface area contributed by atoms with Crippen molar-refractivity contribution in [2.45, 2.75) is 25.4 Å². The molecule has 1 fully saturated rings. The Balaban J connectivity index is 1.39. The van der Waals surface area contributed by atoms with Gasteiger partial charge < -0.3 is 10.1 Å². The Morgan fingerprint density at radius 2 is 1.88 bits per heavy atom. The third-order valence-corrected chi connectivity index (χ3v) is 5.02. The number of nitrogens with zero attached hydrogens (tertiary/aromatic N) is 3. The van der Waals surface area contributed by atoms with Crippen molar-refractivity contribution in [1.29, 1.82) is 0 Å². The number of ether oxygens (including phenoxy) is 1. The van der Waals surface area contributed by atoms with Crippen molar-refractivity contribution in [2.75, 3.05) is 25.5 Å². The molecule has 1 N–H and O–H groups in total. The quantitative estimate of drug-likeness (QED) is 0.762. The van der Waals surface area contributed by atoms with Crippen LogP contribution >= 0.6 is 0 Å². The molecule has 1 aliphatic rings. The largest absolute Gasteiger partial charge is 0.497 e. The van der Waals surface area contributed by atoms with Gasteiger partial charge in [-0.25, -0.2) is 9.97 Å². The number of aromatic nitrogens is 2. The van der Waals surface area contributed by atoms with Gasteiger partial charge in [-0.3, -0.25) is 4.90 Å². The highest BCUT2D eigenvalue weighted by molar-refractivity contribution is 5.89. The molecule has 0 aliphatic carbocycles. The van der Waals surface area contributed by atoms with Gasteiger partial charge in [0, 0.05) is 37.1 Å². The lowest BCUT2D eigenvalue weighted by atomic mass is 10.0. The fourth-order valence-electron chi connectivity index (χ4n) is 3.55. The predicted molar refractivity (Wildman–Crippen MR) is 104 cm³/mol. The summed E-state index contributed by atoms with van der Waals surface area (Å²) in [5.41, 5.74) is 2.29. The number of methoxy groups -OCH3 is 1. The Labute approximate surface area is 154 Å². The molecule has 5 nitrogen and oxygen atoms in total. The minimum Gasteiger partial charge on any atom is -0.497 e. The average Bonchev–Trinajstić information content (AvgIpc) is 2.70. The first-order valence-corrected chi connectivity index (χ1v) is 9.13. The maximum Gasteiger partial charge on any atom is 0.137 e. The Morgan fingerprint density at radius 1 is 1.08 bits per heavy atom. The summed E-state index contributed by atoms with van der Waals surface area (Å²) in [5.74, 6) is 1.73. The fraction of sp³-hybridized carbons (Fsp3) is 0.333. The van der Waals surface area contributed by atoms with E-state index in [2.05, 4.69) is 50.5 Å². The summed E-state index contributed by atoms with van der Waals surface area (Å²) in [7, 11) is 1.67. The van der Waals surface area contributed by atoms with E-state index in [0.29, 0.717) is 6.04 Å². The fourth-order valence-corrected chi connectivity index (χ4v) is 3.55. The number of anilines is 1. The lowest BCUT2D eigenvalue weighted by molar-refractivity contribution is 0.211. The van der Waals surface area contributed by atoms with Crippen LogP contribution in [0.1, 0.15) is 18.4 Å². The highest BCUT2D eigenvalue weighted by Gasteiger charge is 2.20. The smallest absolute Gasteiger partial charge is 0.137 e. The molecule has 2 heterocycles. The van der Waals surface area contributed by atoms with Crippen LogP contribution in [0.25, 0.3) is 10.9 Å². The van der Waals surface area contributed by atoms with Gasteiger partial charge in [-0.2, -0.15) is 0 Å². The number of benzene rings is 2. The summed E-state index contributed by atoms with van der Waals surface area (Å²) in [6.07, 6.45) is 3.86. The Bertz CT molecular complexity index is 860. The lowest BCUT2D eigenvalue weighted by Gasteiger charge is -2.32. The van der Waals surface area contributed by atoms with Crippen LogP contribution in [0, 0.1) is 0 Å². The third kappa shape index (κ3) is 3.78. The van der Waals surface area contributed by atoms with Crippen LogP contribution in [0.2, 0.25) is 0 Å². The summed E-state index contributed by atoms with van der Waals surface area (Å²) in [6, 6.07) is 17.1. The van der Waals surface area contributed by atoms with Crippen LogP contribution < -0.4 is 10.1 Å². The first-order chi connectivity index (χ1) is 12.8. The van der Waals surface area contributed by atoms with Gasteiger partial charge in [0.25, 0.3) is 0 Å². The second kappa shape index (κ2) is 7.70. The van der Waals surface area contributed by atoms with Crippen molar-refractivity contribution in [3.05, 3.63) is 60.4 Å². The van der Waals surface area contributed by atoms with E-state index in [-0.39, 0.29) is 0 Å². The molecule has 5 heteroatoms. The first kappa shape index (κ1) is 16.8. The van der Waals surface area contributed by atoms with Crippen molar-refractivity contribution in [1.82, 2.24) is 14.9 Å². The van der Waals surface area contributed by atoms with E-state index in [1.54, 1.807) is 13.4 Å². The van der Waals surface area contributed by atoms with Gasteiger partial charge in [0.15, 0.2) is 0 Å². The molecule has 0 saturated carbocycles. The van der Waals surface area contributed by atoms with Crippen molar-refractivity contribution in [3.8, 4) is 5.75 Å². The normalized spacial score (nSPS) is 15.9. The number of nitrogens with one attached hydrogen (secondary N) is 1. The molecule has 134 valence electrons. The van der Waals surface area contributed by atoms with Crippen LogP contribution in [0.15, 0.2) is 54.9 Å². The number of fused-ring (bicyclic) bond motifs is 1. The van der Waals surface area contributed by atoms with Gasteiger partial charge in [0.1, 0.15) is 17.9 Å². The summed E-state index contributed by atoms with van der Waals surface area (Å²) in [4.78, 5) is 11.4. The lowest BCUT2D eigenvalue weighted by Crippen LogP contribution is -2.38. The van der Waals surface area contributed by atoms with Crippen molar-refractivity contribution >= 4 is 16.7 Å². The predicted octanol–water partition coefficient (Wildman–Crippen LogP) is 3.71. The summed E-state index contributed by atoms with van der Waals surface area (Å²) < 4.78 is 5.29. The van der Waals surface area contributed by atoms with E-state index in [0.717, 1.165) is 54.9 Å². The van der Waals surface area contributed by atoms with Crippen LogP contribution in [0.5, 0.6) is 5.75 Å². The summed E-state index contributed by atoms with van der Waals surface area (Å²) in [5, 5.41) is 4.67. The topological polar surface area (TPSA) is 50.3 Å². The monoisotopic (exact) mass is 348 g/mol. The Hall–Kier alpha value is -2.66. The van der Waals surface area contributed by atoms with E-state index >= 15 is 0 Å². The molecule has 1 aromatic heterocycles. The second-order valence-electron chi connectivity index (χ2n) is 6.79. The highest BCUT2D eigenvalue weighted by atomic mass is 16.5. The average molecular weight is 348 g/mol. The molecule has 0 amide bonds. The molecule has 0 atom stereocenters. The van der Waals surface area contributed by atoms with Crippen LogP contribution in [0.3, 0.4) is 0 Å². The van der Waals surface area contributed by atoms with E-state index in [1.165, 1.54) is 5.56 Å². The van der Waals surface area contributed by atoms with Gasteiger partial charge in [-0.05, 0) is 30.5 Å². The zero-order valence-electron chi connectivity index (χ0n) is 15.1. The molecule has 0 spiro atoms. The molecule has 3 aromatic rings. The van der Waals surface area contributed by atoms with Crippen LogP contribution in [0.4, 0.5) is 5.82 Å². The van der Waals surface area contributed by atoms with E-state index < -0.39 is 0 Å². The minimum atomic E-state index is 0.447. The molecule has 2 aromatic carbocycles. The number of likely N-dealkylation sites (tertiary alicyclic amines) is 1. The zero-order chi connectivity index (χ0) is 17.8. The number of rotatable bonds is 5. The zero-order valence-corrected chi connectivity index (χ0v) is 15.1. The van der Waals surface area contributed by atoms with Crippen molar-refractivity contribution in [2.24, 2.45) is 0 Å². The molecular weight excluding hydrogens is 324 g/mol. The molecule has 0 bridgehead atoms. The molecule has 0 unspecified atom stereocenters. The second-order valence-corrected chi connectivity index (χ2v) is 6.79. The maximum absolute atomic E-state index is 5.29. The molecule has 1 saturated heterocycles. The van der Waals surface area contributed by atoms with Gasteiger partial charge in [0.05, 0.1) is 12.6 Å². The number of piperidine rings is 1. The Kier molecular flexibility index (Phi) is 4.97. The molecular formula is C21H24N4O.